The zero-order valence-corrected chi connectivity index (χ0v) is 12.3. The van der Waals surface area contributed by atoms with Crippen molar-refractivity contribution >= 4 is 14.0 Å². The summed E-state index contributed by atoms with van der Waals surface area (Å²) in [7, 11) is -1.71. The molecule has 0 bridgehead atoms. The van der Waals surface area contributed by atoms with Crippen LogP contribution >= 0.6 is 8.03 Å². The third-order valence-electron chi connectivity index (χ3n) is 2.40. The Balaban J connectivity index is 3.00. The lowest BCUT2D eigenvalue weighted by atomic mass is 10.2. The van der Waals surface area contributed by atoms with Gasteiger partial charge in [-0.05, 0) is 23.6 Å². The van der Waals surface area contributed by atoms with Crippen molar-refractivity contribution in [3.8, 4) is 11.5 Å². The zero-order valence-electron chi connectivity index (χ0n) is 11.4. The van der Waals surface area contributed by atoms with Crippen molar-refractivity contribution in [2.75, 3.05) is 20.3 Å². The summed E-state index contributed by atoms with van der Waals surface area (Å²) in [5.41, 5.74) is -0.142. The van der Waals surface area contributed by atoms with Crippen LogP contribution in [0.15, 0.2) is 12.1 Å². The number of methoxy groups -OCH3 is 1. The van der Waals surface area contributed by atoms with Gasteiger partial charge in [0.2, 0.25) is 0 Å². The second-order valence-corrected chi connectivity index (χ2v) is 4.90. The lowest BCUT2D eigenvalue weighted by Crippen LogP contribution is -2.15. The molecule has 1 rings (SSSR count). The van der Waals surface area contributed by atoms with E-state index in [1.54, 1.807) is 6.92 Å². The monoisotopic (exact) mass is 321 g/mol. The molecular formula is C12H15FO7P+. The Bertz CT molecular complexity index is 535. The van der Waals surface area contributed by atoms with E-state index in [0.717, 1.165) is 12.1 Å². The lowest BCUT2D eigenvalue weighted by molar-refractivity contribution is -0.145. The number of aliphatic hydroxyl groups excluding tert-OH is 1. The van der Waals surface area contributed by atoms with Crippen LogP contribution in [0.2, 0.25) is 0 Å². The molecule has 2 N–H and O–H groups in total. The van der Waals surface area contributed by atoms with E-state index in [-0.39, 0.29) is 23.7 Å². The van der Waals surface area contributed by atoms with Gasteiger partial charge < -0.3 is 19.3 Å². The second kappa shape index (κ2) is 7.87. The number of benzene rings is 1. The maximum absolute atomic E-state index is 13.9. The van der Waals surface area contributed by atoms with E-state index in [1.807, 2.05) is 0 Å². The first-order valence-electron chi connectivity index (χ1n) is 5.89. The molecule has 0 saturated heterocycles. The molecule has 0 saturated carbocycles. The number of halogens is 1. The van der Waals surface area contributed by atoms with Gasteiger partial charge in [0.05, 0.1) is 13.7 Å². The third-order valence-corrected chi connectivity index (χ3v) is 3.12. The summed E-state index contributed by atoms with van der Waals surface area (Å²) in [5.74, 6) is -3.84. The summed E-state index contributed by atoms with van der Waals surface area (Å²) in [5, 5.41) is 9.45. The van der Waals surface area contributed by atoms with E-state index in [1.165, 1.54) is 7.11 Å². The van der Waals surface area contributed by atoms with E-state index in [2.05, 4.69) is 4.74 Å². The SMILES string of the molecule is CCOC(=O)COc1c(F)cc(C(O)[P+](=O)O)cc1OC. The molecule has 0 aliphatic carbocycles. The summed E-state index contributed by atoms with van der Waals surface area (Å²) < 4.78 is 39.2. The largest absolute Gasteiger partial charge is 0.542 e. The van der Waals surface area contributed by atoms with Crippen LogP contribution in [0.3, 0.4) is 0 Å². The van der Waals surface area contributed by atoms with Crippen molar-refractivity contribution in [2.24, 2.45) is 0 Å². The number of hydrogen-bond acceptors (Lipinski definition) is 6. The van der Waals surface area contributed by atoms with Crippen molar-refractivity contribution in [3.05, 3.63) is 23.5 Å². The Hall–Kier alpha value is -1.76. The average Bonchev–Trinajstić information content (AvgIpc) is 2.44. The summed E-state index contributed by atoms with van der Waals surface area (Å²) in [6, 6.07) is 1.98. The minimum atomic E-state index is -2.93. The number of esters is 1. The number of hydrogen-bond donors (Lipinski definition) is 2. The molecule has 1 aromatic carbocycles. The molecule has 0 fully saturated rings. The first-order valence-corrected chi connectivity index (χ1v) is 7.18. The van der Waals surface area contributed by atoms with Crippen molar-refractivity contribution in [1.82, 2.24) is 0 Å². The lowest BCUT2D eigenvalue weighted by Gasteiger charge is -2.12. The van der Waals surface area contributed by atoms with Crippen LogP contribution < -0.4 is 9.47 Å². The summed E-state index contributed by atoms with van der Waals surface area (Å²) in [4.78, 5) is 20.0. The molecule has 0 amide bonds. The molecule has 1 aromatic rings. The van der Waals surface area contributed by atoms with Crippen molar-refractivity contribution < 1.29 is 38.0 Å². The van der Waals surface area contributed by atoms with Crippen molar-refractivity contribution in [1.29, 1.82) is 0 Å². The first-order chi connectivity index (χ1) is 9.90. The fourth-order valence-electron chi connectivity index (χ4n) is 1.49. The van der Waals surface area contributed by atoms with Crippen LogP contribution in [0, 0.1) is 5.82 Å². The number of ether oxygens (including phenoxy) is 3. The van der Waals surface area contributed by atoms with Gasteiger partial charge in [0.25, 0.3) is 0 Å². The molecule has 0 spiro atoms. The Morgan fingerprint density at radius 1 is 1.48 bits per heavy atom. The van der Waals surface area contributed by atoms with E-state index in [0.29, 0.717) is 0 Å². The normalized spacial score (nSPS) is 12.5. The van der Waals surface area contributed by atoms with Crippen LogP contribution in [0.25, 0.3) is 0 Å². The van der Waals surface area contributed by atoms with Crippen molar-refractivity contribution in [2.45, 2.75) is 12.8 Å². The molecule has 116 valence electrons. The second-order valence-electron chi connectivity index (χ2n) is 3.80. The molecule has 9 heteroatoms. The van der Waals surface area contributed by atoms with Gasteiger partial charge in [-0.1, -0.05) is 0 Å². The minimum Gasteiger partial charge on any atom is -0.493 e. The maximum Gasteiger partial charge on any atom is 0.542 e. The van der Waals surface area contributed by atoms with Gasteiger partial charge in [-0.2, -0.15) is 4.89 Å². The number of carbonyl (C=O) groups is 1. The van der Waals surface area contributed by atoms with Crippen LogP contribution in [0.5, 0.6) is 11.5 Å². The van der Waals surface area contributed by atoms with Gasteiger partial charge >= 0.3 is 19.8 Å². The highest BCUT2D eigenvalue weighted by Crippen LogP contribution is 2.40. The van der Waals surface area contributed by atoms with Gasteiger partial charge in [-0.3, -0.25) is 0 Å². The molecule has 0 heterocycles. The molecule has 0 aromatic heterocycles. The van der Waals surface area contributed by atoms with Crippen molar-refractivity contribution in [3.63, 3.8) is 0 Å². The predicted octanol–water partition coefficient (Wildman–Crippen LogP) is 1.50. The highest BCUT2D eigenvalue weighted by molar-refractivity contribution is 7.38. The molecule has 0 radical (unpaired) electrons. The summed E-state index contributed by atoms with van der Waals surface area (Å²) in [6.45, 7) is 1.26. The zero-order chi connectivity index (χ0) is 16.0. The topological polar surface area (TPSA) is 102 Å². The van der Waals surface area contributed by atoms with Crippen LogP contribution in [-0.2, 0) is 14.1 Å². The van der Waals surface area contributed by atoms with E-state index in [9.17, 15) is 18.9 Å². The number of rotatable bonds is 7. The third kappa shape index (κ3) is 4.63. The van der Waals surface area contributed by atoms with E-state index < -0.39 is 32.3 Å². The fraction of sp³-hybridized carbons (Fsp3) is 0.417. The Morgan fingerprint density at radius 2 is 2.14 bits per heavy atom. The van der Waals surface area contributed by atoms with Gasteiger partial charge in [0.15, 0.2) is 23.9 Å². The van der Waals surface area contributed by atoms with Crippen LogP contribution in [-0.4, -0.2) is 36.3 Å². The highest BCUT2D eigenvalue weighted by atomic mass is 31.1. The molecule has 2 atom stereocenters. The van der Waals surface area contributed by atoms with Gasteiger partial charge in [-0.15, -0.1) is 0 Å². The molecule has 7 nitrogen and oxygen atoms in total. The standard InChI is InChI=1S/C12H14FO7P/c1-3-19-10(14)6-20-11-8(13)4-7(5-9(11)18-2)12(15)21(16)17/h4-5,12,15H,3,6H2,1-2H3/p+1. The highest BCUT2D eigenvalue weighted by Gasteiger charge is 2.30. The average molecular weight is 321 g/mol. The molecular weight excluding hydrogens is 306 g/mol. The van der Waals surface area contributed by atoms with Gasteiger partial charge in [0, 0.05) is 5.56 Å². The van der Waals surface area contributed by atoms with Crippen LogP contribution in [0.1, 0.15) is 18.3 Å². The quantitative estimate of drug-likeness (QED) is 0.579. The molecule has 21 heavy (non-hydrogen) atoms. The van der Waals surface area contributed by atoms with E-state index >= 15 is 0 Å². The fourth-order valence-corrected chi connectivity index (χ4v) is 1.89. The number of aliphatic hydroxyl groups is 1. The Morgan fingerprint density at radius 3 is 2.67 bits per heavy atom. The molecule has 0 aliphatic rings. The summed E-state index contributed by atoms with van der Waals surface area (Å²) in [6.07, 6.45) is 0. The van der Waals surface area contributed by atoms with Crippen LogP contribution in [0.4, 0.5) is 4.39 Å². The van der Waals surface area contributed by atoms with Gasteiger partial charge in [-0.25, -0.2) is 9.18 Å². The Labute approximate surface area is 121 Å². The molecule has 0 aliphatic heterocycles. The summed E-state index contributed by atoms with van der Waals surface area (Å²) >= 11 is 0. The predicted molar refractivity (Wildman–Crippen MR) is 69.9 cm³/mol. The smallest absolute Gasteiger partial charge is 0.493 e. The Kier molecular flexibility index (Phi) is 6.48. The number of carbonyl (C=O) groups excluding carboxylic acids is 1. The minimum absolute atomic E-state index is 0.120. The first kappa shape index (κ1) is 17.3. The maximum atomic E-state index is 13.9. The van der Waals surface area contributed by atoms with E-state index in [4.69, 9.17) is 14.4 Å². The molecule has 2 unspecified atom stereocenters. The van der Waals surface area contributed by atoms with Gasteiger partial charge in [0.1, 0.15) is 0 Å².